The van der Waals surface area contributed by atoms with Gasteiger partial charge in [-0.1, -0.05) is 6.07 Å². The fourth-order valence-electron chi connectivity index (χ4n) is 1.44. The van der Waals surface area contributed by atoms with E-state index in [9.17, 15) is 4.79 Å². The van der Waals surface area contributed by atoms with Crippen molar-refractivity contribution in [2.75, 3.05) is 18.2 Å². The fourth-order valence-corrected chi connectivity index (χ4v) is 1.44. The molecule has 4 heteroatoms. The number of aryl methyl sites for hydroxylation is 1. The molecule has 0 aliphatic carbocycles. The standard InChI is InChI=1S/C13H20N2O2/c1-9-4-6-11(14)12(8-9)15-13(16)7-5-10(2)17-3/h4,6,8,10H,5,7,14H2,1-3H3,(H,15,16). The molecule has 17 heavy (non-hydrogen) atoms. The number of amides is 1. The predicted octanol–water partition coefficient (Wildman–Crippen LogP) is 2.33. The van der Waals surface area contributed by atoms with Crippen molar-refractivity contribution in [1.82, 2.24) is 0 Å². The predicted molar refractivity (Wildman–Crippen MR) is 69.9 cm³/mol. The molecule has 1 unspecified atom stereocenters. The second kappa shape index (κ2) is 6.25. The molecule has 1 aromatic rings. The van der Waals surface area contributed by atoms with Gasteiger partial charge in [-0.2, -0.15) is 0 Å². The van der Waals surface area contributed by atoms with Gasteiger partial charge in [0.15, 0.2) is 0 Å². The normalized spacial score (nSPS) is 12.2. The zero-order chi connectivity index (χ0) is 12.8. The molecule has 1 amide bonds. The summed E-state index contributed by atoms with van der Waals surface area (Å²) in [5.74, 6) is -0.0359. The van der Waals surface area contributed by atoms with Crippen molar-refractivity contribution in [3.8, 4) is 0 Å². The summed E-state index contributed by atoms with van der Waals surface area (Å²) in [7, 11) is 1.64. The maximum Gasteiger partial charge on any atom is 0.224 e. The smallest absolute Gasteiger partial charge is 0.224 e. The van der Waals surface area contributed by atoms with Crippen LogP contribution in [0.3, 0.4) is 0 Å². The van der Waals surface area contributed by atoms with Crippen LogP contribution in [0.2, 0.25) is 0 Å². The first-order chi connectivity index (χ1) is 8.02. The Morgan fingerprint density at radius 2 is 2.24 bits per heavy atom. The Labute approximate surface area is 102 Å². The minimum atomic E-state index is -0.0359. The summed E-state index contributed by atoms with van der Waals surface area (Å²) in [6.45, 7) is 3.90. The van der Waals surface area contributed by atoms with Gasteiger partial charge < -0.3 is 15.8 Å². The number of carbonyl (C=O) groups is 1. The molecule has 0 aliphatic rings. The highest BCUT2D eigenvalue weighted by Gasteiger charge is 2.08. The number of anilines is 2. The van der Waals surface area contributed by atoms with E-state index in [0.717, 1.165) is 5.56 Å². The zero-order valence-electron chi connectivity index (χ0n) is 10.6. The molecular formula is C13H20N2O2. The number of carbonyl (C=O) groups excluding carboxylic acids is 1. The van der Waals surface area contributed by atoms with E-state index < -0.39 is 0 Å². The molecule has 1 atom stereocenters. The van der Waals surface area contributed by atoms with Crippen LogP contribution in [0.25, 0.3) is 0 Å². The summed E-state index contributed by atoms with van der Waals surface area (Å²) < 4.78 is 5.09. The number of nitrogen functional groups attached to an aromatic ring is 1. The number of methoxy groups -OCH3 is 1. The van der Waals surface area contributed by atoms with E-state index in [1.165, 1.54) is 0 Å². The highest BCUT2D eigenvalue weighted by atomic mass is 16.5. The SMILES string of the molecule is COC(C)CCC(=O)Nc1cc(C)ccc1N. The van der Waals surface area contributed by atoms with Gasteiger partial charge in [-0.15, -0.1) is 0 Å². The molecule has 0 fully saturated rings. The molecule has 0 heterocycles. The molecule has 3 N–H and O–H groups in total. The lowest BCUT2D eigenvalue weighted by atomic mass is 10.1. The van der Waals surface area contributed by atoms with Crippen LogP contribution < -0.4 is 11.1 Å². The average Bonchev–Trinajstić information content (AvgIpc) is 2.30. The third-order valence-electron chi connectivity index (χ3n) is 2.66. The Hall–Kier alpha value is -1.55. The van der Waals surface area contributed by atoms with Crippen molar-refractivity contribution in [2.24, 2.45) is 0 Å². The Morgan fingerprint density at radius 1 is 1.53 bits per heavy atom. The highest BCUT2D eigenvalue weighted by molar-refractivity contribution is 5.93. The maximum atomic E-state index is 11.7. The van der Waals surface area contributed by atoms with Gasteiger partial charge in [0.05, 0.1) is 17.5 Å². The van der Waals surface area contributed by atoms with Gasteiger partial charge in [0.1, 0.15) is 0 Å². The monoisotopic (exact) mass is 236 g/mol. The topological polar surface area (TPSA) is 64.3 Å². The van der Waals surface area contributed by atoms with Crippen LogP contribution in [-0.2, 0) is 9.53 Å². The van der Waals surface area contributed by atoms with Gasteiger partial charge in [-0.3, -0.25) is 4.79 Å². The molecule has 0 saturated heterocycles. The summed E-state index contributed by atoms with van der Waals surface area (Å²) in [6.07, 6.45) is 1.23. The maximum absolute atomic E-state index is 11.7. The first kappa shape index (κ1) is 13.5. The van der Waals surface area contributed by atoms with Crippen molar-refractivity contribution >= 4 is 17.3 Å². The largest absolute Gasteiger partial charge is 0.397 e. The van der Waals surface area contributed by atoms with Gasteiger partial charge in [0.2, 0.25) is 5.91 Å². The number of ether oxygens (including phenoxy) is 1. The zero-order valence-corrected chi connectivity index (χ0v) is 10.6. The van der Waals surface area contributed by atoms with Gasteiger partial charge in [0, 0.05) is 13.5 Å². The van der Waals surface area contributed by atoms with Crippen molar-refractivity contribution in [3.63, 3.8) is 0 Å². The Balaban J connectivity index is 2.53. The van der Waals surface area contributed by atoms with E-state index in [1.807, 2.05) is 26.0 Å². The van der Waals surface area contributed by atoms with Gasteiger partial charge in [0.25, 0.3) is 0 Å². The third-order valence-corrected chi connectivity index (χ3v) is 2.66. The second-order valence-electron chi connectivity index (χ2n) is 4.22. The minimum Gasteiger partial charge on any atom is -0.397 e. The molecule has 1 aromatic carbocycles. The summed E-state index contributed by atoms with van der Waals surface area (Å²) in [6, 6.07) is 5.58. The summed E-state index contributed by atoms with van der Waals surface area (Å²) in [5, 5.41) is 2.81. The van der Waals surface area contributed by atoms with Crippen LogP contribution in [0.15, 0.2) is 18.2 Å². The average molecular weight is 236 g/mol. The van der Waals surface area contributed by atoms with E-state index in [-0.39, 0.29) is 12.0 Å². The lowest BCUT2D eigenvalue weighted by Gasteiger charge is -2.11. The molecule has 0 spiro atoms. The number of nitrogens with one attached hydrogen (secondary N) is 1. The van der Waals surface area contributed by atoms with E-state index in [2.05, 4.69) is 5.32 Å². The molecule has 1 rings (SSSR count). The van der Waals surface area contributed by atoms with Crippen LogP contribution in [0.5, 0.6) is 0 Å². The molecule has 0 saturated carbocycles. The minimum absolute atomic E-state index is 0.0359. The highest BCUT2D eigenvalue weighted by Crippen LogP contribution is 2.19. The van der Waals surface area contributed by atoms with E-state index in [1.54, 1.807) is 13.2 Å². The third kappa shape index (κ3) is 4.44. The quantitative estimate of drug-likeness (QED) is 0.771. The molecule has 0 radical (unpaired) electrons. The fraction of sp³-hybridized carbons (Fsp3) is 0.462. The number of nitrogens with two attached hydrogens (primary N) is 1. The first-order valence-corrected chi connectivity index (χ1v) is 5.71. The van der Waals surface area contributed by atoms with Gasteiger partial charge >= 0.3 is 0 Å². The van der Waals surface area contributed by atoms with Crippen molar-refractivity contribution in [2.45, 2.75) is 32.8 Å². The Morgan fingerprint density at radius 3 is 2.88 bits per heavy atom. The van der Waals surface area contributed by atoms with Crippen LogP contribution in [0.1, 0.15) is 25.3 Å². The number of rotatable bonds is 5. The van der Waals surface area contributed by atoms with E-state index in [0.29, 0.717) is 24.2 Å². The van der Waals surface area contributed by atoms with Crippen LogP contribution in [0.4, 0.5) is 11.4 Å². The Bertz CT molecular complexity index is 391. The lowest BCUT2D eigenvalue weighted by molar-refractivity contribution is -0.116. The van der Waals surface area contributed by atoms with Gasteiger partial charge in [-0.05, 0) is 38.0 Å². The van der Waals surface area contributed by atoms with Crippen LogP contribution in [0, 0.1) is 6.92 Å². The van der Waals surface area contributed by atoms with Crippen molar-refractivity contribution in [3.05, 3.63) is 23.8 Å². The van der Waals surface area contributed by atoms with E-state index >= 15 is 0 Å². The molecule has 4 nitrogen and oxygen atoms in total. The Kier molecular flexibility index (Phi) is 4.97. The van der Waals surface area contributed by atoms with Crippen molar-refractivity contribution in [1.29, 1.82) is 0 Å². The van der Waals surface area contributed by atoms with Crippen LogP contribution >= 0.6 is 0 Å². The number of benzene rings is 1. The summed E-state index contributed by atoms with van der Waals surface area (Å²) >= 11 is 0. The van der Waals surface area contributed by atoms with Crippen LogP contribution in [-0.4, -0.2) is 19.1 Å². The van der Waals surface area contributed by atoms with Gasteiger partial charge in [-0.25, -0.2) is 0 Å². The van der Waals surface area contributed by atoms with Crippen molar-refractivity contribution < 1.29 is 9.53 Å². The molecule has 0 bridgehead atoms. The molecule has 0 aliphatic heterocycles. The summed E-state index contributed by atoms with van der Waals surface area (Å²) in [4.78, 5) is 11.7. The lowest BCUT2D eigenvalue weighted by Crippen LogP contribution is -2.16. The first-order valence-electron chi connectivity index (χ1n) is 5.71. The second-order valence-corrected chi connectivity index (χ2v) is 4.22. The number of hydrogen-bond acceptors (Lipinski definition) is 3. The summed E-state index contributed by atoms with van der Waals surface area (Å²) in [5.41, 5.74) is 8.12. The van der Waals surface area contributed by atoms with E-state index in [4.69, 9.17) is 10.5 Å². The molecule has 94 valence electrons. The molecule has 0 aromatic heterocycles. The number of hydrogen-bond donors (Lipinski definition) is 2. The molecular weight excluding hydrogens is 216 g/mol.